The molecule has 3 aromatic heterocycles. The summed E-state index contributed by atoms with van der Waals surface area (Å²) in [6.07, 6.45) is 1.98. The molecule has 0 saturated carbocycles. The third kappa shape index (κ3) is 2.64. The third-order valence-corrected chi connectivity index (χ3v) is 5.33. The molecule has 0 bridgehead atoms. The lowest BCUT2D eigenvalue weighted by Crippen LogP contribution is -2.23. The predicted octanol–water partition coefficient (Wildman–Crippen LogP) is 2.39. The number of fused-ring (bicyclic) bond motifs is 3. The molecule has 28 heavy (non-hydrogen) atoms. The molecule has 0 aliphatic carbocycles. The second-order valence-corrected chi connectivity index (χ2v) is 7.01. The highest BCUT2D eigenvalue weighted by atomic mass is 32.2. The van der Waals surface area contributed by atoms with Gasteiger partial charge in [-0.3, -0.25) is 13.8 Å². The molecule has 0 N–H and O–H groups in total. The summed E-state index contributed by atoms with van der Waals surface area (Å²) in [5, 5.41) is 20.0. The monoisotopic (exact) mass is 403 g/mol. The van der Waals surface area contributed by atoms with E-state index in [1.165, 1.54) is 38.1 Å². The molecule has 4 aromatic rings. The molecule has 0 unspecified atom stereocenters. The van der Waals surface area contributed by atoms with Crippen LogP contribution < -0.4 is 5.56 Å². The van der Waals surface area contributed by atoms with Gasteiger partial charge in [0, 0.05) is 13.6 Å². The zero-order chi connectivity index (χ0) is 20.0. The van der Waals surface area contributed by atoms with Crippen molar-refractivity contribution in [1.29, 1.82) is 0 Å². The molecule has 3 heterocycles. The quantitative estimate of drug-likeness (QED) is 0.371. The summed E-state index contributed by atoms with van der Waals surface area (Å²) in [7, 11) is 1.61. The fourth-order valence-corrected chi connectivity index (χ4v) is 3.94. The number of halogens is 1. The van der Waals surface area contributed by atoms with Gasteiger partial charge in [0.1, 0.15) is 5.82 Å². The van der Waals surface area contributed by atoms with Gasteiger partial charge in [0.15, 0.2) is 5.03 Å². The Morgan fingerprint density at radius 3 is 2.82 bits per heavy atom. The van der Waals surface area contributed by atoms with Crippen molar-refractivity contribution in [2.75, 3.05) is 0 Å². The zero-order valence-corrected chi connectivity index (χ0v) is 15.7. The van der Waals surface area contributed by atoms with Gasteiger partial charge >= 0.3 is 5.82 Å². The van der Waals surface area contributed by atoms with E-state index in [0.717, 1.165) is 11.8 Å². The van der Waals surface area contributed by atoms with Crippen LogP contribution in [0.3, 0.4) is 0 Å². The maximum Gasteiger partial charge on any atom is 0.396 e. The highest BCUT2D eigenvalue weighted by molar-refractivity contribution is 7.99. The van der Waals surface area contributed by atoms with Crippen LogP contribution in [0.2, 0.25) is 0 Å². The minimum atomic E-state index is -0.607. The van der Waals surface area contributed by atoms with E-state index in [2.05, 4.69) is 15.2 Å². The summed E-state index contributed by atoms with van der Waals surface area (Å²) in [5.41, 5.74) is -0.327. The largest absolute Gasteiger partial charge is 0.396 e. The summed E-state index contributed by atoms with van der Waals surface area (Å²) in [6.45, 7) is 2.28. The maximum atomic E-state index is 14.7. The Kier molecular flexibility index (Phi) is 4.34. The van der Waals surface area contributed by atoms with E-state index >= 15 is 0 Å². The number of para-hydroxylation sites is 1. The molecule has 10 nitrogen and oxygen atoms in total. The first-order valence-electron chi connectivity index (χ1n) is 8.33. The van der Waals surface area contributed by atoms with Crippen LogP contribution in [-0.4, -0.2) is 33.6 Å². The van der Waals surface area contributed by atoms with E-state index in [1.807, 2.05) is 6.92 Å². The van der Waals surface area contributed by atoms with Gasteiger partial charge in [0.25, 0.3) is 5.56 Å². The highest BCUT2D eigenvalue weighted by Crippen LogP contribution is 2.34. The van der Waals surface area contributed by atoms with Gasteiger partial charge in [-0.15, -0.1) is 10.2 Å². The normalized spacial score (nSPS) is 11.5. The summed E-state index contributed by atoms with van der Waals surface area (Å²) in [4.78, 5) is 27.2. The molecule has 0 aliphatic rings. The van der Waals surface area contributed by atoms with Crippen LogP contribution in [0.15, 0.2) is 39.5 Å². The molecule has 0 saturated heterocycles. The van der Waals surface area contributed by atoms with E-state index in [-0.39, 0.29) is 38.2 Å². The standard InChI is InChI=1S/C16H14FN7O3S/c1-3-7-22-13(25)9-5-4-6-10(17)11(9)23-15(22)19-20-16(23)28-14-12(24(26)27)18-8-21(14)2/h4-6,8H,3,7H2,1-2H3. The molecule has 12 heteroatoms. The average molecular weight is 403 g/mol. The lowest BCUT2D eigenvalue weighted by atomic mass is 10.2. The van der Waals surface area contributed by atoms with Gasteiger partial charge in [-0.25, -0.2) is 4.39 Å². The number of hydrogen-bond donors (Lipinski definition) is 0. The number of benzene rings is 1. The number of aromatic nitrogens is 6. The van der Waals surface area contributed by atoms with Crippen LogP contribution in [0.5, 0.6) is 0 Å². The van der Waals surface area contributed by atoms with Crippen molar-refractivity contribution in [2.45, 2.75) is 30.1 Å². The topological polar surface area (TPSA) is 113 Å². The van der Waals surface area contributed by atoms with E-state index in [9.17, 15) is 19.3 Å². The van der Waals surface area contributed by atoms with Crippen molar-refractivity contribution in [3.63, 3.8) is 0 Å². The number of aryl methyl sites for hydroxylation is 2. The van der Waals surface area contributed by atoms with Crippen LogP contribution in [-0.2, 0) is 13.6 Å². The van der Waals surface area contributed by atoms with Gasteiger partial charge in [-0.2, -0.15) is 0 Å². The Bertz CT molecular complexity index is 1290. The summed E-state index contributed by atoms with van der Waals surface area (Å²) < 4.78 is 19.0. The fourth-order valence-electron chi connectivity index (χ4n) is 3.01. The van der Waals surface area contributed by atoms with Crippen LogP contribution in [0.25, 0.3) is 16.7 Å². The lowest BCUT2D eigenvalue weighted by Gasteiger charge is -2.11. The van der Waals surface area contributed by atoms with Gasteiger partial charge in [0.2, 0.25) is 17.3 Å². The van der Waals surface area contributed by atoms with Gasteiger partial charge in [0.05, 0.1) is 10.9 Å². The first kappa shape index (κ1) is 18.1. The number of nitrogens with zero attached hydrogens (tertiary/aromatic N) is 7. The minimum absolute atomic E-state index is 0.0344. The molecule has 0 atom stereocenters. The SMILES string of the molecule is CCCn1c(=O)c2cccc(F)c2n2c(Sc3c([N+](=O)[O-])ncn3C)nnc12. The second-order valence-electron chi connectivity index (χ2n) is 6.05. The van der Waals surface area contributed by atoms with E-state index in [1.54, 1.807) is 7.05 Å². The Hall–Kier alpha value is -3.28. The summed E-state index contributed by atoms with van der Waals surface area (Å²) in [6, 6.07) is 4.24. The molecule has 0 amide bonds. The Labute approximate surface area is 160 Å². The Balaban J connectivity index is 2.05. The van der Waals surface area contributed by atoms with Crippen molar-refractivity contribution in [1.82, 2.24) is 28.7 Å². The average Bonchev–Trinajstić information content (AvgIpc) is 3.23. The Morgan fingerprint density at radius 2 is 2.11 bits per heavy atom. The highest BCUT2D eigenvalue weighted by Gasteiger charge is 2.25. The van der Waals surface area contributed by atoms with Crippen molar-refractivity contribution in [2.24, 2.45) is 7.05 Å². The van der Waals surface area contributed by atoms with E-state index < -0.39 is 10.7 Å². The molecule has 4 rings (SSSR count). The Morgan fingerprint density at radius 1 is 1.32 bits per heavy atom. The molecule has 0 fully saturated rings. The van der Waals surface area contributed by atoms with Crippen LogP contribution >= 0.6 is 11.8 Å². The lowest BCUT2D eigenvalue weighted by molar-refractivity contribution is -0.392. The van der Waals surface area contributed by atoms with Gasteiger partial charge in [-0.05, 0) is 40.2 Å². The second kappa shape index (κ2) is 6.71. The first-order valence-corrected chi connectivity index (χ1v) is 9.15. The predicted molar refractivity (Wildman–Crippen MR) is 99.0 cm³/mol. The van der Waals surface area contributed by atoms with Crippen molar-refractivity contribution >= 4 is 34.3 Å². The smallest absolute Gasteiger partial charge is 0.358 e. The molecular weight excluding hydrogens is 389 g/mol. The zero-order valence-electron chi connectivity index (χ0n) is 14.9. The summed E-state index contributed by atoms with van der Waals surface area (Å²) in [5.74, 6) is -0.767. The van der Waals surface area contributed by atoms with Crippen molar-refractivity contribution in [3.8, 4) is 0 Å². The summed E-state index contributed by atoms with van der Waals surface area (Å²) >= 11 is 0.934. The van der Waals surface area contributed by atoms with Gasteiger partial charge < -0.3 is 14.7 Å². The van der Waals surface area contributed by atoms with Crippen LogP contribution in [0.4, 0.5) is 10.2 Å². The fraction of sp³-hybridized carbons (Fsp3) is 0.250. The molecule has 144 valence electrons. The maximum absolute atomic E-state index is 14.7. The number of hydrogen-bond acceptors (Lipinski definition) is 7. The van der Waals surface area contributed by atoms with Crippen LogP contribution in [0, 0.1) is 15.9 Å². The molecule has 0 radical (unpaired) electrons. The number of imidazole rings is 1. The molecule has 0 aliphatic heterocycles. The van der Waals surface area contributed by atoms with E-state index in [4.69, 9.17) is 0 Å². The van der Waals surface area contributed by atoms with Gasteiger partial charge in [-0.1, -0.05) is 13.0 Å². The third-order valence-electron chi connectivity index (χ3n) is 4.22. The van der Waals surface area contributed by atoms with Crippen molar-refractivity contribution in [3.05, 3.63) is 50.8 Å². The molecular formula is C16H14FN7O3S. The minimum Gasteiger partial charge on any atom is -0.358 e. The number of nitro groups is 1. The van der Waals surface area contributed by atoms with E-state index in [0.29, 0.717) is 13.0 Å². The first-order chi connectivity index (χ1) is 13.4. The number of rotatable bonds is 5. The van der Waals surface area contributed by atoms with Crippen LogP contribution in [0.1, 0.15) is 13.3 Å². The molecule has 1 aromatic carbocycles. The molecule has 0 spiro atoms. The van der Waals surface area contributed by atoms with Crippen molar-refractivity contribution < 1.29 is 9.31 Å².